The van der Waals surface area contributed by atoms with Crippen molar-refractivity contribution in [3.05, 3.63) is 130 Å². The molecule has 1 heterocycles. The minimum Gasteiger partial charge on any atom is -0.346 e. The van der Waals surface area contributed by atoms with Crippen LogP contribution in [0, 0.1) is 27.7 Å². The largest absolute Gasteiger partial charge is 0.346 e. The van der Waals surface area contributed by atoms with Crippen LogP contribution in [0.15, 0.2) is 91.0 Å². The van der Waals surface area contributed by atoms with Crippen molar-refractivity contribution >= 4 is 16.8 Å². The standard InChI is InChI=1S/C34H34N2O/c1-22-10-14-28(15-11-22)25(4)35-34(37)30-18-19-33-32(20-30)24(3)26(5)36(33)21-27-12-16-29(17-13-27)31-9-7-6-8-23(31)2/h6-20,25H,21H2,1-5H3,(H,35,37). The van der Waals surface area contributed by atoms with Crippen molar-refractivity contribution in [2.75, 3.05) is 0 Å². The summed E-state index contributed by atoms with van der Waals surface area (Å²) < 4.78 is 2.35. The van der Waals surface area contributed by atoms with Gasteiger partial charge in [0.25, 0.3) is 5.91 Å². The zero-order valence-corrected chi connectivity index (χ0v) is 22.3. The maximum absolute atomic E-state index is 13.1. The lowest BCUT2D eigenvalue weighted by molar-refractivity contribution is 0.0940. The monoisotopic (exact) mass is 486 g/mol. The Bertz CT molecular complexity index is 1570. The molecule has 0 fully saturated rings. The maximum Gasteiger partial charge on any atom is 0.251 e. The van der Waals surface area contributed by atoms with Gasteiger partial charge < -0.3 is 9.88 Å². The predicted octanol–water partition coefficient (Wildman–Crippen LogP) is 8.08. The van der Waals surface area contributed by atoms with E-state index in [2.05, 4.69) is 116 Å². The average Bonchev–Trinajstić information content (AvgIpc) is 3.14. The van der Waals surface area contributed by atoms with Gasteiger partial charge in [0, 0.05) is 28.7 Å². The molecule has 0 bridgehead atoms. The zero-order valence-electron chi connectivity index (χ0n) is 22.3. The second-order valence-electron chi connectivity index (χ2n) is 10.1. The van der Waals surface area contributed by atoms with Gasteiger partial charge in [0.05, 0.1) is 6.04 Å². The number of aromatic nitrogens is 1. The van der Waals surface area contributed by atoms with Crippen LogP contribution in [-0.4, -0.2) is 10.5 Å². The van der Waals surface area contributed by atoms with Gasteiger partial charge in [-0.05, 0) is 86.2 Å². The van der Waals surface area contributed by atoms with E-state index >= 15 is 0 Å². The van der Waals surface area contributed by atoms with Crippen molar-refractivity contribution in [1.82, 2.24) is 9.88 Å². The average molecular weight is 487 g/mol. The first-order valence-electron chi connectivity index (χ1n) is 12.9. The third kappa shape index (κ3) is 4.95. The molecule has 4 aromatic carbocycles. The van der Waals surface area contributed by atoms with Gasteiger partial charge in [-0.2, -0.15) is 0 Å². The van der Waals surface area contributed by atoms with Gasteiger partial charge in [-0.1, -0.05) is 78.4 Å². The molecular weight excluding hydrogens is 452 g/mol. The van der Waals surface area contributed by atoms with E-state index in [0.717, 1.165) is 23.0 Å². The molecular formula is C34H34N2O. The van der Waals surface area contributed by atoms with Crippen LogP contribution in [0.5, 0.6) is 0 Å². The Hall–Kier alpha value is -4.11. The van der Waals surface area contributed by atoms with Crippen LogP contribution in [0.4, 0.5) is 0 Å². The predicted molar refractivity (Wildman–Crippen MR) is 154 cm³/mol. The van der Waals surface area contributed by atoms with E-state index in [1.165, 1.54) is 39.1 Å². The third-order valence-electron chi connectivity index (χ3n) is 7.58. The SMILES string of the molecule is Cc1ccc(C(C)NC(=O)c2ccc3c(c2)c(C)c(C)n3Cc2ccc(-c3ccccc3C)cc2)cc1. The molecule has 0 radical (unpaired) electrons. The molecule has 5 aromatic rings. The molecule has 5 rings (SSSR count). The fraction of sp³-hybridized carbons (Fsp3) is 0.206. The van der Waals surface area contributed by atoms with E-state index in [-0.39, 0.29) is 11.9 Å². The second-order valence-corrected chi connectivity index (χ2v) is 10.1. The molecule has 1 unspecified atom stereocenters. The highest BCUT2D eigenvalue weighted by Gasteiger charge is 2.16. The first kappa shape index (κ1) is 24.6. The lowest BCUT2D eigenvalue weighted by atomic mass is 9.99. The second kappa shape index (κ2) is 10.1. The van der Waals surface area contributed by atoms with E-state index < -0.39 is 0 Å². The van der Waals surface area contributed by atoms with Gasteiger partial charge in [-0.3, -0.25) is 4.79 Å². The molecule has 1 amide bonds. The molecule has 1 N–H and O–H groups in total. The molecule has 0 aliphatic heterocycles. The van der Waals surface area contributed by atoms with Gasteiger partial charge in [-0.25, -0.2) is 0 Å². The third-order valence-corrected chi connectivity index (χ3v) is 7.58. The minimum atomic E-state index is -0.0566. The van der Waals surface area contributed by atoms with Crippen LogP contribution in [0.2, 0.25) is 0 Å². The van der Waals surface area contributed by atoms with E-state index in [0.29, 0.717) is 5.56 Å². The quantitative estimate of drug-likeness (QED) is 0.259. The summed E-state index contributed by atoms with van der Waals surface area (Å²) >= 11 is 0. The molecule has 0 spiro atoms. The molecule has 1 aromatic heterocycles. The van der Waals surface area contributed by atoms with Crippen molar-refractivity contribution in [3.63, 3.8) is 0 Å². The fourth-order valence-electron chi connectivity index (χ4n) is 5.08. The van der Waals surface area contributed by atoms with Crippen LogP contribution >= 0.6 is 0 Å². The van der Waals surface area contributed by atoms with Gasteiger partial charge in [-0.15, -0.1) is 0 Å². The summed E-state index contributed by atoms with van der Waals surface area (Å²) in [5, 5.41) is 4.28. The Morgan fingerprint density at radius 2 is 1.54 bits per heavy atom. The molecule has 186 valence electrons. The molecule has 1 atom stereocenters. The minimum absolute atomic E-state index is 0.0495. The first-order chi connectivity index (χ1) is 17.8. The summed E-state index contributed by atoms with van der Waals surface area (Å²) in [6.07, 6.45) is 0. The Labute approximate surface area is 219 Å². The van der Waals surface area contributed by atoms with Crippen molar-refractivity contribution in [2.45, 2.75) is 47.2 Å². The van der Waals surface area contributed by atoms with Crippen LogP contribution in [0.1, 0.15) is 56.8 Å². The summed E-state index contributed by atoms with van der Waals surface area (Å²) in [5.41, 5.74) is 11.7. The molecule has 0 aliphatic carbocycles. The molecule has 3 nitrogen and oxygen atoms in total. The van der Waals surface area contributed by atoms with Gasteiger partial charge in [0.15, 0.2) is 0 Å². The summed E-state index contributed by atoms with van der Waals surface area (Å²) in [5.74, 6) is -0.0495. The van der Waals surface area contributed by atoms with Crippen molar-refractivity contribution in [1.29, 1.82) is 0 Å². The zero-order chi connectivity index (χ0) is 26.1. The Morgan fingerprint density at radius 3 is 2.24 bits per heavy atom. The van der Waals surface area contributed by atoms with Gasteiger partial charge >= 0.3 is 0 Å². The van der Waals surface area contributed by atoms with Crippen molar-refractivity contribution in [2.24, 2.45) is 0 Å². The number of hydrogen-bond donors (Lipinski definition) is 1. The number of amides is 1. The van der Waals surface area contributed by atoms with E-state index in [1.807, 2.05) is 19.1 Å². The fourth-order valence-corrected chi connectivity index (χ4v) is 5.08. The number of nitrogens with one attached hydrogen (secondary N) is 1. The Kier molecular flexibility index (Phi) is 6.71. The van der Waals surface area contributed by atoms with Crippen LogP contribution in [0.3, 0.4) is 0 Å². The van der Waals surface area contributed by atoms with Crippen molar-refractivity contribution < 1.29 is 4.79 Å². The van der Waals surface area contributed by atoms with Crippen molar-refractivity contribution in [3.8, 4) is 11.1 Å². The topological polar surface area (TPSA) is 34.0 Å². The molecule has 0 saturated carbocycles. The lowest BCUT2D eigenvalue weighted by Gasteiger charge is -2.15. The number of fused-ring (bicyclic) bond motifs is 1. The summed E-state index contributed by atoms with van der Waals surface area (Å²) in [6, 6.07) is 31.7. The summed E-state index contributed by atoms with van der Waals surface area (Å²) in [6.45, 7) is 11.3. The highest BCUT2D eigenvalue weighted by molar-refractivity contribution is 5.99. The smallest absolute Gasteiger partial charge is 0.251 e. The number of hydrogen-bond acceptors (Lipinski definition) is 1. The normalized spacial score (nSPS) is 12.0. The van der Waals surface area contributed by atoms with Crippen LogP contribution in [-0.2, 0) is 6.54 Å². The summed E-state index contributed by atoms with van der Waals surface area (Å²) in [7, 11) is 0. The Morgan fingerprint density at radius 1 is 0.838 bits per heavy atom. The first-order valence-corrected chi connectivity index (χ1v) is 12.9. The summed E-state index contributed by atoms with van der Waals surface area (Å²) in [4.78, 5) is 13.1. The lowest BCUT2D eigenvalue weighted by Crippen LogP contribution is -2.26. The number of nitrogens with zero attached hydrogens (tertiary/aromatic N) is 1. The molecule has 0 aliphatic rings. The van der Waals surface area contributed by atoms with E-state index in [9.17, 15) is 4.79 Å². The van der Waals surface area contributed by atoms with Gasteiger partial charge in [0.2, 0.25) is 0 Å². The Balaban J connectivity index is 1.38. The van der Waals surface area contributed by atoms with Crippen LogP contribution < -0.4 is 5.32 Å². The highest BCUT2D eigenvalue weighted by atomic mass is 16.1. The van der Waals surface area contributed by atoms with E-state index in [1.54, 1.807) is 0 Å². The number of rotatable bonds is 6. The van der Waals surface area contributed by atoms with Gasteiger partial charge in [0.1, 0.15) is 0 Å². The highest BCUT2D eigenvalue weighted by Crippen LogP contribution is 2.29. The van der Waals surface area contributed by atoms with E-state index in [4.69, 9.17) is 0 Å². The molecule has 0 saturated heterocycles. The molecule has 37 heavy (non-hydrogen) atoms. The number of aryl methyl sites for hydroxylation is 3. The van der Waals surface area contributed by atoms with Crippen LogP contribution in [0.25, 0.3) is 22.0 Å². The number of carbonyl (C=O) groups is 1. The maximum atomic E-state index is 13.1. The number of carbonyl (C=O) groups excluding carboxylic acids is 1. The molecule has 3 heteroatoms. The number of benzene rings is 4.